The van der Waals surface area contributed by atoms with Gasteiger partial charge in [0.15, 0.2) is 0 Å². The van der Waals surface area contributed by atoms with Crippen LogP contribution >= 0.6 is 0 Å². The third-order valence-corrected chi connectivity index (χ3v) is 4.00. The molecule has 0 radical (unpaired) electrons. The number of alkyl halides is 3. The molecule has 1 aromatic rings. The molecule has 1 atom stereocenters. The minimum absolute atomic E-state index is 0.212. The van der Waals surface area contributed by atoms with Crippen molar-refractivity contribution in [2.45, 2.75) is 32.0 Å². The average Bonchev–Trinajstić information content (AvgIpc) is 2.84. The summed E-state index contributed by atoms with van der Waals surface area (Å²) in [6, 6.07) is 1.43. The Labute approximate surface area is 115 Å². The molecule has 110 valence electrons. The highest BCUT2D eigenvalue weighted by Crippen LogP contribution is 2.30. The Morgan fingerprint density at radius 3 is 2.75 bits per heavy atom. The molecule has 2 fully saturated rings. The number of halogens is 3. The highest BCUT2D eigenvalue weighted by Gasteiger charge is 2.35. The Kier molecular flexibility index (Phi) is 3.32. The lowest BCUT2D eigenvalue weighted by Gasteiger charge is -2.37. The van der Waals surface area contributed by atoms with Crippen LogP contribution in [-0.2, 0) is 6.18 Å². The molecular formula is C13H17F3N4. The number of anilines is 1. The molecule has 0 aromatic carbocycles. The summed E-state index contributed by atoms with van der Waals surface area (Å²) in [5.41, 5.74) is -0.495. The number of fused-ring (bicyclic) bond motifs is 1. The molecular weight excluding hydrogens is 269 g/mol. The van der Waals surface area contributed by atoms with Gasteiger partial charge in [-0.05, 0) is 32.4 Å². The second kappa shape index (κ2) is 4.87. The number of piperazine rings is 1. The molecule has 0 spiro atoms. The fourth-order valence-electron chi connectivity index (χ4n) is 3.01. The molecule has 20 heavy (non-hydrogen) atoms. The normalized spacial score (nSPS) is 24.0. The van der Waals surface area contributed by atoms with Crippen LogP contribution < -0.4 is 4.90 Å². The quantitative estimate of drug-likeness (QED) is 0.791. The van der Waals surface area contributed by atoms with E-state index in [2.05, 4.69) is 14.9 Å². The highest BCUT2D eigenvalue weighted by atomic mass is 19.4. The van der Waals surface area contributed by atoms with Crippen molar-refractivity contribution in [3.8, 4) is 0 Å². The molecule has 0 saturated carbocycles. The van der Waals surface area contributed by atoms with E-state index < -0.39 is 11.9 Å². The lowest BCUT2D eigenvalue weighted by Crippen LogP contribution is -2.50. The Bertz CT molecular complexity index is 503. The van der Waals surface area contributed by atoms with Crippen molar-refractivity contribution in [1.29, 1.82) is 0 Å². The Balaban J connectivity index is 1.85. The number of aromatic nitrogens is 2. The smallest absolute Gasteiger partial charge is 0.338 e. The van der Waals surface area contributed by atoms with Crippen LogP contribution in [0.15, 0.2) is 6.07 Å². The second-order valence-corrected chi connectivity index (χ2v) is 5.47. The van der Waals surface area contributed by atoms with Crippen LogP contribution in [0.2, 0.25) is 0 Å². The minimum Gasteiger partial charge on any atom is -0.338 e. The van der Waals surface area contributed by atoms with Gasteiger partial charge in [0.25, 0.3) is 0 Å². The van der Waals surface area contributed by atoms with Crippen LogP contribution in [-0.4, -0.2) is 47.1 Å². The van der Waals surface area contributed by atoms with Crippen molar-refractivity contribution >= 4 is 5.95 Å². The molecule has 7 heteroatoms. The first kappa shape index (κ1) is 13.6. The zero-order chi connectivity index (χ0) is 14.3. The van der Waals surface area contributed by atoms with E-state index in [0.29, 0.717) is 18.3 Å². The summed E-state index contributed by atoms with van der Waals surface area (Å²) >= 11 is 0. The van der Waals surface area contributed by atoms with Crippen LogP contribution in [0.3, 0.4) is 0 Å². The van der Waals surface area contributed by atoms with Gasteiger partial charge in [0.2, 0.25) is 5.95 Å². The van der Waals surface area contributed by atoms with Gasteiger partial charge >= 0.3 is 6.18 Å². The monoisotopic (exact) mass is 286 g/mol. The standard InChI is InChI=1S/C13H17F3N4/c1-9-7-11(13(14,15)16)18-12(17-9)20-6-5-19-4-2-3-10(19)8-20/h7,10H,2-6,8H2,1H3. The zero-order valence-corrected chi connectivity index (χ0v) is 11.3. The first-order valence-electron chi connectivity index (χ1n) is 6.85. The summed E-state index contributed by atoms with van der Waals surface area (Å²) in [6.07, 6.45) is -2.15. The van der Waals surface area contributed by atoms with Gasteiger partial charge in [0.1, 0.15) is 5.69 Å². The Morgan fingerprint density at radius 2 is 2.00 bits per heavy atom. The first-order valence-corrected chi connectivity index (χ1v) is 6.85. The predicted molar refractivity (Wildman–Crippen MR) is 68.6 cm³/mol. The summed E-state index contributed by atoms with van der Waals surface area (Å²) in [4.78, 5) is 12.2. The third kappa shape index (κ3) is 2.59. The summed E-state index contributed by atoms with van der Waals surface area (Å²) < 4.78 is 38.4. The van der Waals surface area contributed by atoms with E-state index >= 15 is 0 Å². The van der Waals surface area contributed by atoms with Gasteiger partial charge in [0, 0.05) is 31.4 Å². The molecule has 0 amide bonds. The molecule has 1 aromatic heterocycles. The van der Waals surface area contributed by atoms with Crippen molar-refractivity contribution in [3.63, 3.8) is 0 Å². The van der Waals surface area contributed by atoms with Crippen LogP contribution in [0.4, 0.5) is 19.1 Å². The maximum absolute atomic E-state index is 12.8. The average molecular weight is 286 g/mol. The summed E-state index contributed by atoms with van der Waals surface area (Å²) in [6.45, 7) is 4.97. The van der Waals surface area contributed by atoms with E-state index in [-0.39, 0.29) is 5.95 Å². The predicted octanol–water partition coefficient (Wildman–Crippen LogP) is 2.09. The summed E-state index contributed by atoms with van der Waals surface area (Å²) in [7, 11) is 0. The van der Waals surface area contributed by atoms with Gasteiger partial charge in [-0.2, -0.15) is 13.2 Å². The van der Waals surface area contributed by atoms with E-state index in [0.717, 1.165) is 32.1 Å². The van der Waals surface area contributed by atoms with Crippen molar-refractivity contribution in [2.24, 2.45) is 0 Å². The number of rotatable bonds is 1. The zero-order valence-electron chi connectivity index (χ0n) is 11.3. The minimum atomic E-state index is -4.42. The largest absolute Gasteiger partial charge is 0.433 e. The van der Waals surface area contributed by atoms with Crippen LogP contribution in [0.5, 0.6) is 0 Å². The molecule has 2 saturated heterocycles. The Morgan fingerprint density at radius 1 is 1.20 bits per heavy atom. The van der Waals surface area contributed by atoms with Gasteiger partial charge in [-0.1, -0.05) is 0 Å². The topological polar surface area (TPSA) is 32.3 Å². The van der Waals surface area contributed by atoms with Crippen molar-refractivity contribution in [3.05, 3.63) is 17.5 Å². The molecule has 1 unspecified atom stereocenters. The lowest BCUT2D eigenvalue weighted by molar-refractivity contribution is -0.141. The maximum Gasteiger partial charge on any atom is 0.433 e. The van der Waals surface area contributed by atoms with Gasteiger partial charge in [-0.3, -0.25) is 4.90 Å². The number of hydrogen-bond donors (Lipinski definition) is 0. The highest BCUT2D eigenvalue weighted by molar-refractivity contribution is 5.34. The van der Waals surface area contributed by atoms with Gasteiger partial charge < -0.3 is 4.90 Å². The van der Waals surface area contributed by atoms with Crippen LogP contribution in [0, 0.1) is 6.92 Å². The van der Waals surface area contributed by atoms with Gasteiger partial charge in [-0.15, -0.1) is 0 Å². The van der Waals surface area contributed by atoms with Gasteiger partial charge in [-0.25, -0.2) is 9.97 Å². The third-order valence-electron chi connectivity index (χ3n) is 4.00. The second-order valence-electron chi connectivity index (χ2n) is 5.47. The van der Waals surface area contributed by atoms with E-state index in [9.17, 15) is 13.2 Å². The fraction of sp³-hybridized carbons (Fsp3) is 0.692. The van der Waals surface area contributed by atoms with Crippen molar-refractivity contribution in [2.75, 3.05) is 31.1 Å². The molecule has 0 N–H and O–H groups in total. The van der Waals surface area contributed by atoms with Crippen molar-refractivity contribution < 1.29 is 13.2 Å². The van der Waals surface area contributed by atoms with E-state index in [1.165, 1.54) is 6.42 Å². The maximum atomic E-state index is 12.8. The lowest BCUT2D eigenvalue weighted by atomic mass is 10.1. The summed E-state index contributed by atoms with van der Waals surface area (Å²) in [5.74, 6) is 0.212. The fourth-order valence-corrected chi connectivity index (χ4v) is 3.01. The van der Waals surface area contributed by atoms with Crippen LogP contribution in [0.25, 0.3) is 0 Å². The molecule has 3 rings (SSSR count). The molecule has 0 bridgehead atoms. The number of nitrogens with zero attached hydrogens (tertiary/aromatic N) is 4. The number of aryl methyl sites for hydroxylation is 1. The summed E-state index contributed by atoms with van der Waals surface area (Å²) in [5, 5.41) is 0. The Hall–Kier alpha value is -1.37. The van der Waals surface area contributed by atoms with Crippen molar-refractivity contribution in [1.82, 2.24) is 14.9 Å². The molecule has 3 heterocycles. The molecule has 2 aliphatic rings. The van der Waals surface area contributed by atoms with E-state index in [1.807, 2.05) is 4.90 Å². The van der Waals surface area contributed by atoms with E-state index in [1.54, 1.807) is 6.92 Å². The molecule has 4 nitrogen and oxygen atoms in total. The van der Waals surface area contributed by atoms with Crippen LogP contribution in [0.1, 0.15) is 24.2 Å². The molecule has 0 aliphatic carbocycles. The molecule has 2 aliphatic heterocycles. The van der Waals surface area contributed by atoms with Gasteiger partial charge in [0.05, 0.1) is 0 Å². The van der Waals surface area contributed by atoms with E-state index in [4.69, 9.17) is 0 Å². The first-order chi connectivity index (χ1) is 9.43. The SMILES string of the molecule is Cc1cc(C(F)(F)F)nc(N2CCN3CCCC3C2)n1. The number of hydrogen-bond acceptors (Lipinski definition) is 4.